The Kier molecular flexibility index (Phi) is 5.15. The van der Waals surface area contributed by atoms with Gasteiger partial charge in [-0.15, -0.1) is 0 Å². The van der Waals surface area contributed by atoms with Gasteiger partial charge in [0.15, 0.2) is 0 Å². The molecule has 2 atom stereocenters. The lowest BCUT2D eigenvalue weighted by atomic mass is 9.92. The SMILES string of the molecule is O=C(O)C[C@H](O)CP(=O)(O)C#CC1=C(c2ccc(F)cc2)c2ccccc2C12CC2. The molecule has 1 fully saturated rings. The molecule has 0 heterocycles. The normalized spacial score (nSPS) is 18.9. The van der Waals surface area contributed by atoms with Gasteiger partial charge in [-0.1, -0.05) is 42.3 Å². The molecule has 0 radical (unpaired) electrons. The number of fused-ring (bicyclic) bond motifs is 2. The zero-order valence-electron chi connectivity index (χ0n) is 16.0. The van der Waals surface area contributed by atoms with E-state index in [1.807, 2.05) is 24.3 Å². The van der Waals surface area contributed by atoms with Crippen LogP contribution in [0.1, 0.15) is 36.0 Å². The standard InChI is InChI=1S/C23H20FO5P/c24-16-7-5-15(6-8-16)22-18-3-1-2-4-19(18)23(10-11-23)20(22)9-12-30(28,29)14-17(25)13-21(26)27/h1-8,17,25H,10-11,13-14H2,(H,26,27)(H,28,29)/t17-/m0/s1. The Bertz CT molecular complexity index is 1150. The molecule has 0 aliphatic heterocycles. The molecule has 1 saturated carbocycles. The van der Waals surface area contributed by atoms with Crippen LogP contribution in [-0.4, -0.2) is 33.3 Å². The second kappa shape index (κ2) is 7.52. The van der Waals surface area contributed by atoms with Gasteiger partial charge in [-0.25, -0.2) is 4.39 Å². The molecule has 1 unspecified atom stereocenters. The maximum absolute atomic E-state index is 13.5. The van der Waals surface area contributed by atoms with Gasteiger partial charge in [-0.05, 0) is 47.3 Å². The highest BCUT2D eigenvalue weighted by Crippen LogP contribution is 2.62. The van der Waals surface area contributed by atoms with E-state index in [1.54, 1.807) is 12.1 Å². The van der Waals surface area contributed by atoms with Crippen LogP contribution in [0, 0.1) is 17.4 Å². The highest BCUT2D eigenvalue weighted by molar-refractivity contribution is 7.63. The molecular weight excluding hydrogens is 406 g/mol. The number of allylic oxidation sites excluding steroid dienone is 1. The van der Waals surface area contributed by atoms with E-state index >= 15 is 0 Å². The quantitative estimate of drug-likeness (QED) is 0.500. The maximum atomic E-state index is 13.5. The predicted molar refractivity (Wildman–Crippen MR) is 111 cm³/mol. The van der Waals surface area contributed by atoms with Crippen LogP contribution in [0.3, 0.4) is 0 Å². The second-order valence-corrected chi connectivity index (χ2v) is 9.75. The largest absolute Gasteiger partial charge is 0.481 e. The first-order valence-electron chi connectivity index (χ1n) is 9.57. The Labute approximate surface area is 173 Å². The van der Waals surface area contributed by atoms with E-state index in [4.69, 9.17) is 5.11 Å². The zero-order valence-corrected chi connectivity index (χ0v) is 16.9. The monoisotopic (exact) mass is 426 g/mol. The summed E-state index contributed by atoms with van der Waals surface area (Å²) in [5.41, 5.74) is 6.51. The van der Waals surface area contributed by atoms with Crippen LogP contribution < -0.4 is 0 Å². The first kappa shape index (κ1) is 20.6. The molecular formula is C23H20FO5P. The highest BCUT2D eigenvalue weighted by Gasteiger charge is 2.53. The summed E-state index contributed by atoms with van der Waals surface area (Å²) < 4.78 is 26.0. The topological polar surface area (TPSA) is 94.8 Å². The number of aliphatic hydroxyl groups is 1. The molecule has 3 N–H and O–H groups in total. The summed E-state index contributed by atoms with van der Waals surface area (Å²) in [7, 11) is -4.08. The molecule has 154 valence electrons. The summed E-state index contributed by atoms with van der Waals surface area (Å²) in [6.07, 6.45) is -0.961. The molecule has 2 aromatic rings. The van der Waals surface area contributed by atoms with Gasteiger partial charge >= 0.3 is 5.97 Å². The summed E-state index contributed by atoms with van der Waals surface area (Å²) >= 11 is 0. The Hall–Kier alpha value is -2.71. The van der Waals surface area contributed by atoms with Crippen LogP contribution in [0.5, 0.6) is 0 Å². The van der Waals surface area contributed by atoms with Crippen LogP contribution in [0.2, 0.25) is 0 Å². The lowest BCUT2D eigenvalue weighted by Crippen LogP contribution is -2.17. The van der Waals surface area contributed by atoms with Crippen LogP contribution in [0.4, 0.5) is 4.39 Å². The Morgan fingerprint density at radius 1 is 1.17 bits per heavy atom. The Morgan fingerprint density at radius 2 is 1.83 bits per heavy atom. The molecule has 4 rings (SSSR count). The number of hydrogen-bond donors (Lipinski definition) is 3. The highest BCUT2D eigenvalue weighted by atomic mass is 31.2. The van der Waals surface area contributed by atoms with Crippen molar-refractivity contribution in [3.8, 4) is 11.6 Å². The summed E-state index contributed by atoms with van der Waals surface area (Å²) in [4.78, 5) is 20.9. The number of aliphatic hydroxyl groups excluding tert-OH is 1. The van der Waals surface area contributed by atoms with Gasteiger partial charge in [0.25, 0.3) is 7.37 Å². The van der Waals surface area contributed by atoms with Gasteiger partial charge in [-0.3, -0.25) is 9.36 Å². The van der Waals surface area contributed by atoms with Gasteiger partial charge in [0, 0.05) is 16.6 Å². The van der Waals surface area contributed by atoms with Crippen molar-refractivity contribution < 1.29 is 28.9 Å². The fourth-order valence-electron chi connectivity index (χ4n) is 4.11. The maximum Gasteiger partial charge on any atom is 0.305 e. The van der Waals surface area contributed by atoms with Crippen LogP contribution in [0.25, 0.3) is 5.57 Å². The van der Waals surface area contributed by atoms with E-state index in [9.17, 15) is 23.7 Å². The van der Waals surface area contributed by atoms with Gasteiger partial charge in [0.1, 0.15) is 5.82 Å². The minimum absolute atomic E-state index is 0.313. The lowest BCUT2D eigenvalue weighted by Gasteiger charge is -2.12. The van der Waals surface area contributed by atoms with E-state index in [2.05, 4.69) is 11.6 Å². The second-order valence-electron chi connectivity index (χ2n) is 7.76. The van der Waals surface area contributed by atoms with Crippen molar-refractivity contribution in [2.24, 2.45) is 0 Å². The van der Waals surface area contributed by atoms with Crippen molar-refractivity contribution >= 4 is 18.9 Å². The number of carbonyl (C=O) groups is 1. The zero-order chi connectivity index (χ0) is 21.5. The minimum atomic E-state index is -4.08. The van der Waals surface area contributed by atoms with Crippen LogP contribution in [-0.2, 0) is 14.8 Å². The number of aliphatic carboxylic acids is 1. The minimum Gasteiger partial charge on any atom is -0.481 e. The predicted octanol–water partition coefficient (Wildman–Crippen LogP) is 3.74. The van der Waals surface area contributed by atoms with Gasteiger partial charge < -0.3 is 15.1 Å². The molecule has 5 nitrogen and oxygen atoms in total. The molecule has 0 amide bonds. The average molecular weight is 426 g/mol. The van der Waals surface area contributed by atoms with E-state index < -0.39 is 32.0 Å². The fourth-order valence-corrected chi connectivity index (χ4v) is 5.19. The molecule has 0 bridgehead atoms. The molecule has 2 aliphatic carbocycles. The van der Waals surface area contributed by atoms with Gasteiger partial charge in [0.05, 0.1) is 18.7 Å². The molecule has 2 aromatic carbocycles. The number of benzene rings is 2. The molecule has 0 saturated heterocycles. The number of carboxylic acids is 1. The third-order valence-corrected chi connectivity index (χ3v) is 6.93. The third-order valence-electron chi connectivity index (χ3n) is 5.55. The average Bonchev–Trinajstić information content (AvgIpc) is 3.41. The Morgan fingerprint density at radius 3 is 2.47 bits per heavy atom. The van der Waals surface area contributed by atoms with Crippen molar-refractivity contribution in [2.45, 2.75) is 30.8 Å². The molecule has 2 aliphatic rings. The molecule has 7 heteroatoms. The molecule has 0 aromatic heterocycles. The third kappa shape index (κ3) is 3.85. The van der Waals surface area contributed by atoms with Gasteiger partial charge in [0.2, 0.25) is 0 Å². The number of carboxylic acid groups (broad SMARTS) is 1. The number of rotatable bonds is 5. The number of hydrogen-bond acceptors (Lipinski definition) is 3. The van der Waals surface area contributed by atoms with Crippen molar-refractivity contribution in [3.05, 3.63) is 76.6 Å². The summed E-state index contributed by atoms with van der Waals surface area (Å²) in [6.45, 7) is 0. The fraction of sp³-hybridized carbons (Fsp3) is 0.261. The molecule has 1 spiro atoms. The smallest absolute Gasteiger partial charge is 0.305 e. The van der Waals surface area contributed by atoms with Crippen molar-refractivity contribution in [1.82, 2.24) is 0 Å². The van der Waals surface area contributed by atoms with E-state index in [1.165, 1.54) is 12.1 Å². The van der Waals surface area contributed by atoms with Crippen molar-refractivity contribution in [3.63, 3.8) is 0 Å². The van der Waals surface area contributed by atoms with Crippen LogP contribution >= 0.6 is 7.37 Å². The van der Waals surface area contributed by atoms with E-state index in [0.29, 0.717) is 0 Å². The van der Waals surface area contributed by atoms with E-state index in [0.717, 1.165) is 40.7 Å². The summed E-state index contributed by atoms with van der Waals surface area (Å²) in [5.74, 6) is 1.30. The van der Waals surface area contributed by atoms with E-state index in [-0.39, 0.29) is 11.2 Å². The first-order valence-corrected chi connectivity index (χ1v) is 11.4. The summed E-state index contributed by atoms with van der Waals surface area (Å²) in [6, 6.07) is 13.9. The first-order chi connectivity index (χ1) is 14.2. The summed E-state index contributed by atoms with van der Waals surface area (Å²) in [5, 5.41) is 18.5. The lowest BCUT2D eigenvalue weighted by molar-refractivity contribution is -0.138. The van der Waals surface area contributed by atoms with Crippen molar-refractivity contribution in [2.75, 3.05) is 6.16 Å². The number of halogens is 1. The molecule has 30 heavy (non-hydrogen) atoms. The van der Waals surface area contributed by atoms with Crippen LogP contribution in [0.15, 0.2) is 54.1 Å². The Balaban J connectivity index is 1.78. The van der Waals surface area contributed by atoms with Crippen molar-refractivity contribution in [1.29, 1.82) is 0 Å². The van der Waals surface area contributed by atoms with Gasteiger partial charge in [-0.2, -0.15) is 0 Å².